The van der Waals surface area contributed by atoms with Gasteiger partial charge in [-0.05, 0) is 17.9 Å². The van der Waals surface area contributed by atoms with E-state index in [1.54, 1.807) is 25.5 Å². The van der Waals surface area contributed by atoms with Crippen LogP contribution in [0.4, 0.5) is 5.69 Å². The molecule has 1 aromatic heterocycles. The Morgan fingerprint density at radius 2 is 2.12 bits per heavy atom. The molecule has 1 amide bonds. The van der Waals surface area contributed by atoms with Gasteiger partial charge < -0.3 is 10.6 Å². The number of nitrogens with zero attached hydrogens (tertiary/aromatic N) is 1. The molecule has 0 spiro atoms. The van der Waals surface area contributed by atoms with Crippen LogP contribution in [0, 0.1) is 5.41 Å². The van der Waals surface area contributed by atoms with Gasteiger partial charge in [-0.2, -0.15) is 0 Å². The zero-order chi connectivity index (χ0) is 12.9. The molecule has 0 fully saturated rings. The number of carbonyl (C=O) groups is 1. The highest BCUT2D eigenvalue weighted by molar-refractivity contribution is 5.99. The second-order valence-corrected chi connectivity index (χ2v) is 5.24. The molecule has 1 rings (SSSR count). The maximum atomic E-state index is 11.9. The van der Waals surface area contributed by atoms with Crippen molar-refractivity contribution in [2.45, 2.75) is 27.2 Å². The normalized spacial score (nSPS) is 11.1. The highest BCUT2D eigenvalue weighted by atomic mass is 16.1. The van der Waals surface area contributed by atoms with E-state index in [-0.39, 0.29) is 11.3 Å². The van der Waals surface area contributed by atoms with E-state index in [2.05, 4.69) is 36.4 Å². The van der Waals surface area contributed by atoms with Gasteiger partial charge in [0.2, 0.25) is 0 Å². The molecule has 0 aliphatic rings. The van der Waals surface area contributed by atoms with Crippen molar-refractivity contribution in [1.29, 1.82) is 0 Å². The molecule has 0 saturated carbocycles. The average Bonchev–Trinajstić information content (AvgIpc) is 2.27. The quantitative estimate of drug-likeness (QED) is 0.842. The highest BCUT2D eigenvalue weighted by Crippen LogP contribution is 2.17. The number of rotatable bonds is 4. The van der Waals surface area contributed by atoms with Crippen LogP contribution < -0.4 is 10.6 Å². The number of nitrogens with one attached hydrogen (secondary N) is 2. The number of amides is 1. The Bertz CT molecular complexity index is 382. The van der Waals surface area contributed by atoms with Crippen molar-refractivity contribution in [2.75, 3.05) is 18.9 Å². The van der Waals surface area contributed by atoms with Crippen molar-refractivity contribution in [1.82, 2.24) is 10.3 Å². The summed E-state index contributed by atoms with van der Waals surface area (Å²) in [4.78, 5) is 15.9. The van der Waals surface area contributed by atoms with E-state index in [0.29, 0.717) is 12.1 Å². The minimum Gasteiger partial charge on any atom is -0.387 e. The number of hydrogen-bond donors (Lipinski definition) is 2. The van der Waals surface area contributed by atoms with Crippen LogP contribution in [-0.2, 0) is 0 Å². The fraction of sp³-hybridized carbons (Fsp3) is 0.538. The van der Waals surface area contributed by atoms with Crippen molar-refractivity contribution in [3.8, 4) is 0 Å². The lowest BCUT2D eigenvalue weighted by Crippen LogP contribution is -2.27. The van der Waals surface area contributed by atoms with Gasteiger partial charge in [0.05, 0.1) is 5.56 Å². The maximum Gasteiger partial charge on any atom is 0.254 e. The molecule has 0 radical (unpaired) electrons. The molecule has 0 saturated heterocycles. The van der Waals surface area contributed by atoms with Crippen LogP contribution in [0.2, 0.25) is 0 Å². The third-order valence-corrected chi connectivity index (χ3v) is 2.50. The predicted octanol–water partition coefficient (Wildman–Crippen LogP) is 2.29. The first-order valence-corrected chi connectivity index (χ1v) is 5.84. The first-order valence-electron chi connectivity index (χ1n) is 5.84. The van der Waals surface area contributed by atoms with Gasteiger partial charge in [0.25, 0.3) is 5.91 Å². The Balaban J connectivity index is 2.58. The summed E-state index contributed by atoms with van der Waals surface area (Å²) in [5, 5.41) is 5.89. The van der Waals surface area contributed by atoms with E-state index < -0.39 is 0 Å². The molecule has 1 heterocycles. The number of pyridine rings is 1. The van der Waals surface area contributed by atoms with Crippen molar-refractivity contribution in [2.24, 2.45) is 5.41 Å². The van der Waals surface area contributed by atoms with E-state index in [9.17, 15) is 4.79 Å². The standard InChI is InChI=1S/C13H21N3O/c1-13(2,3)6-8-16-12(17)10-9-15-7-5-11(10)14-4/h5,7,9H,6,8H2,1-4H3,(H,14,15)(H,16,17). The minimum atomic E-state index is -0.0771. The van der Waals surface area contributed by atoms with E-state index in [0.717, 1.165) is 12.1 Å². The Labute approximate surface area is 103 Å². The summed E-state index contributed by atoms with van der Waals surface area (Å²) in [6.45, 7) is 7.15. The molecule has 0 atom stereocenters. The summed E-state index contributed by atoms with van der Waals surface area (Å²) in [6.07, 6.45) is 4.20. The Morgan fingerprint density at radius 3 is 2.71 bits per heavy atom. The Hall–Kier alpha value is -1.58. The summed E-state index contributed by atoms with van der Waals surface area (Å²) in [5.41, 5.74) is 1.62. The second-order valence-electron chi connectivity index (χ2n) is 5.24. The third-order valence-electron chi connectivity index (χ3n) is 2.50. The van der Waals surface area contributed by atoms with Gasteiger partial charge in [0.1, 0.15) is 0 Å². The van der Waals surface area contributed by atoms with Crippen LogP contribution in [0.15, 0.2) is 18.5 Å². The van der Waals surface area contributed by atoms with E-state index in [4.69, 9.17) is 0 Å². The topological polar surface area (TPSA) is 54.0 Å². The van der Waals surface area contributed by atoms with Gasteiger partial charge in [-0.1, -0.05) is 20.8 Å². The predicted molar refractivity (Wildman–Crippen MR) is 70.2 cm³/mol. The van der Waals surface area contributed by atoms with Crippen LogP contribution in [0.1, 0.15) is 37.6 Å². The molecule has 4 nitrogen and oxygen atoms in total. The molecule has 1 aromatic rings. The van der Waals surface area contributed by atoms with Crippen LogP contribution in [0.3, 0.4) is 0 Å². The van der Waals surface area contributed by atoms with E-state index in [1.807, 2.05) is 0 Å². The summed E-state index contributed by atoms with van der Waals surface area (Å²) in [5.74, 6) is -0.0771. The van der Waals surface area contributed by atoms with Gasteiger partial charge in [-0.3, -0.25) is 9.78 Å². The zero-order valence-electron chi connectivity index (χ0n) is 11.0. The second kappa shape index (κ2) is 5.66. The number of aromatic nitrogens is 1. The minimum absolute atomic E-state index is 0.0771. The first-order chi connectivity index (χ1) is 7.94. The lowest BCUT2D eigenvalue weighted by Gasteiger charge is -2.18. The smallest absolute Gasteiger partial charge is 0.254 e. The fourth-order valence-corrected chi connectivity index (χ4v) is 1.44. The molecule has 94 valence electrons. The zero-order valence-corrected chi connectivity index (χ0v) is 11.0. The SMILES string of the molecule is CNc1ccncc1C(=O)NCCC(C)(C)C. The van der Waals surface area contributed by atoms with Crippen molar-refractivity contribution in [3.05, 3.63) is 24.0 Å². The lowest BCUT2D eigenvalue weighted by molar-refractivity contribution is 0.0950. The monoisotopic (exact) mass is 235 g/mol. The van der Waals surface area contributed by atoms with Crippen molar-refractivity contribution >= 4 is 11.6 Å². The average molecular weight is 235 g/mol. The molecule has 17 heavy (non-hydrogen) atoms. The van der Waals surface area contributed by atoms with Crippen LogP contribution in [-0.4, -0.2) is 24.5 Å². The summed E-state index contributed by atoms with van der Waals surface area (Å²) < 4.78 is 0. The Kier molecular flexibility index (Phi) is 4.49. The molecule has 4 heteroatoms. The van der Waals surface area contributed by atoms with Crippen LogP contribution in [0.5, 0.6) is 0 Å². The molecule has 0 aliphatic carbocycles. The molecular weight excluding hydrogens is 214 g/mol. The molecular formula is C13H21N3O. The molecule has 0 aromatic carbocycles. The van der Waals surface area contributed by atoms with Gasteiger partial charge >= 0.3 is 0 Å². The summed E-state index contributed by atoms with van der Waals surface area (Å²) in [7, 11) is 1.79. The number of carbonyl (C=O) groups excluding carboxylic acids is 1. The van der Waals surface area contributed by atoms with E-state index >= 15 is 0 Å². The first kappa shape index (κ1) is 13.5. The molecule has 0 bridgehead atoms. The van der Waals surface area contributed by atoms with Crippen molar-refractivity contribution < 1.29 is 4.79 Å². The summed E-state index contributed by atoms with van der Waals surface area (Å²) >= 11 is 0. The highest BCUT2D eigenvalue weighted by Gasteiger charge is 2.13. The van der Waals surface area contributed by atoms with Gasteiger partial charge in [-0.15, -0.1) is 0 Å². The van der Waals surface area contributed by atoms with Crippen molar-refractivity contribution in [3.63, 3.8) is 0 Å². The number of anilines is 1. The van der Waals surface area contributed by atoms with Crippen LogP contribution >= 0.6 is 0 Å². The van der Waals surface area contributed by atoms with E-state index in [1.165, 1.54) is 0 Å². The third kappa shape index (κ3) is 4.43. The summed E-state index contributed by atoms with van der Waals surface area (Å²) in [6, 6.07) is 1.79. The molecule has 0 aliphatic heterocycles. The largest absolute Gasteiger partial charge is 0.387 e. The molecule has 0 unspecified atom stereocenters. The van der Waals surface area contributed by atoms with Gasteiger partial charge in [0.15, 0.2) is 0 Å². The molecule has 2 N–H and O–H groups in total. The lowest BCUT2D eigenvalue weighted by atomic mass is 9.92. The Morgan fingerprint density at radius 1 is 1.41 bits per heavy atom. The maximum absolute atomic E-state index is 11.9. The number of hydrogen-bond acceptors (Lipinski definition) is 3. The van der Waals surface area contributed by atoms with Gasteiger partial charge in [0, 0.05) is 31.7 Å². The fourth-order valence-electron chi connectivity index (χ4n) is 1.44. The van der Waals surface area contributed by atoms with Gasteiger partial charge in [-0.25, -0.2) is 0 Å². The van der Waals surface area contributed by atoms with Crippen LogP contribution in [0.25, 0.3) is 0 Å².